The second-order valence-corrected chi connectivity index (χ2v) is 7.67. The van der Waals surface area contributed by atoms with Crippen LogP contribution in [0.3, 0.4) is 0 Å². The highest BCUT2D eigenvalue weighted by Gasteiger charge is 2.15. The molecule has 0 aliphatic carbocycles. The average Bonchev–Trinajstić information content (AvgIpc) is 2.48. The quantitative estimate of drug-likeness (QED) is 0.642. The van der Waals surface area contributed by atoms with E-state index in [1.807, 2.05) is 26.8 Å². The third-order valence-electron chi connectivity index (χ3n) is 3.80. The van der Waals surface area contributed by atoms with Crippen LogP contribution in [0, 0.1) is 6.92 Å². The van der Waals surface area contributed by atoms with Gasteiger partial charge in [-0.15, -0.1) is 0 Å². The zero-order valence-electron chi connectivity index (χ0n) is 16.2. The second-order valence-electron chi connectivity index (χ2n) is 7.67. The van der Waals surface area contributed by atoms with E-state index in [0.717, 1.165) is 30.9 Å². The van der Waals surface area contributed by atoms with Crippen LogP contribution in [0.2, 0.25) is 0 Å². The summed E-state index contributed by atoms with van der Waals surface area (Å²) < 4.78 is 11.2. The molecule has 0 amide bonds. The molecule has 0 heterocycles. The highest BCUT2D eigenvalue weighted by molar-refractivity contribution is 5.38. The normalized spacial score (nSPS) is 13.3. The van der Waals surface area contributed by atoms with Gasteiger partial charge in [0.25, 0.3) is 0 Å². The number of nitrogens with one attached hydrogen (secondary N) is 1. The van der Waals surface area contributed by atoms with Crippen molar-refractivity contribution in [3.8, 4) is 5.75 Å². The Balaban J connectivity index is 2.28. The Morgan fingerprint density at radius 3 is 2.50 bits per heavy atom. The van der Waals surface area contributed by atoms with Crippen LogP contribution in [0.1, 0.15) is 52.2 Å². The molecule has 0 saturated heterocycles. The lowest BCUT2D eigenvalue weighted by Gasteiger charge is -2.21. The number of hydrogen-bond donors (Lipinski definition) is 2. The van der Waals surface area contributed by atoms with E-state index in [1.54, 1.807) is 0 Å². The Morgan fingerprint density at radius 1 is 1.21 bits per heavy atom. The lowest BCUT2D eigenvalue weighted by Crippen LogP contribution is -2.32. The maximum atomic E-state index is 10.0. The van der Waals surface area contributed by atoms with Crippen molar-refractivity contribution in [2.75, 3.05) is 26.3 Å². The molecule has 0 fully saturated rings. The van der Waals surface area contributed by atoms with Gasteiger partial charge < -0.3 is 19.9 Å². The van der Waals surface area contributed by atoms with Crippen molar-refractivity contribution in [1.29, 1.82) is 0 Å². The molecule has 4 nitrogen and oxygen atoms in total. The van der Waals surface area contributed by atoms with Crippen LogP contribution in [0.5, 0.6) is 5.75 Å². The lowest BCUT2D eigenvalue weighted by atomic mass is 9.86. The number of aryl methyl sites for hydroxylation is 1. The Labute approximate surface area is 147 Å². The molecule has 2 N–H and O–H groups in total. The number of ether oxygens (including phenoxy) is 2. The van der Waals surface area contributed by atoms with Gasteiger partial charge in [0.2, 0.25) is 0 Å². The molecule has 0 aliphatic heterocycles. The van der Waals surface area contributed by atoms with Crippen LogP contribution < -0.4 is 10.1 Å². The smallest absolute Gasteiger partial charge is 0.122 e. The van der Waals surface area contributed by atoms with E-state index in [9.17, 15) is 5.11 Å². The summed E-state index contributed by atoms with van der Waals surface area (Å²) in [5.41, 5.74) is 2.53. The van der Waals surface area contributed by atoms with Gasteiger partial charge in [0, 0.05) is 13.2 Å². The van der Waals surface area contributed by atoms with Gasteiger partial charge in [-0.3, -0.25) is 0 Å². The third-order valence-corrected chi connectivity index (χ3v) is 3.80. The zero-order valence-corrected chi connectivity index (χ0v) is 16.2. The first-order valence-corrected chi connectivity index (χ1v) is 8.94. The molecule has 0 unspecified atom stereocenters. The minimum absolute atomic E-state index is 0.131. The second kappa shape index (κ2) is 10.0. The fourth-order valence-corrected chi connectivity index (χ4v) is 2.31. The van der Waals surface area contributed by atoms with Crippen LogP contribution in [0.25, 0.3) is 0 Å². The minimum atomic E-state index is -0.516. The van der Waals surface area contributed by atoms with Crippen LogP contribution in [-0.4, -0.2) is 43.6 Å². The SMILES string of the molecule is Cc1cc(C(C)(C)C)ccc1OC[C@@H](O)CNCCCOC(C)C. The standard InChI is InChI=1S/C20H35NO3/c1-15(2)23-11-7-10-21-13-18(22)14-24-19-9-8-17(12-16(19)3)20(4,5)6/h8-9,12,15,18,21-22H,7,10-11,13-14H2,1-6H3/t18-/m0/s1. The number of rotatable bonds is 10. The third kappa shape index (κ3) is 8.13. The van der Waals surface area contributed by atoms with Crippen molar-refractivity contribution in [1.82, 2.24) is 5.32 Å². The summed E-state index contributed by atoms with van der Waals surface area (Å²) in [7, 11) is 0. The molecule has 0 aromatic heterocycles. The predicted octanol–water partition coefficient (Wildman–Crippen LogP) is 3.44. The molecule has 1 aromatic rings. The fourth-order valence-electron chi connectivity index (χ4n) is 2.31. The number of benzene rings is 1. The molecule has 0 radical (unpaired) electrons. The molecule has 138 valence electrons. The summed E-state index contributed by atoms with van der Waals surface area (Å²) in [5.74, 6) is 0.840. The van der Waals surface area contributed by atoms with Crippen LogP contribution >= 0.6 is 0 Å². The summed E-state index contributed by atoms with van der Waals surface area (Å²) in [5, 5.41) is 13.2. The summed E-state index contributed by atoms with van der Waals surface area (Å²) in [6.07, 6.45) is 0.702. The van der Waals surface area contributed by atoms with E-state index in [4.69, 9.17) is 9.47 Å². The summed E-state index contributed by atoms with van der Waals surface area (Å²) in [6.45, 7) is 15.1. The molecular weight excluding hydrogens is 302 g/mol. The van der Waals surface area contributed by atoms with E-state index in [2.05, 4.69) is 38.2 Å². The van der Waals surface area contributed by atoms with Crippen LogP contribution in [0.15, 0.2) is 18.2 Å². The van der Waals surface area contributed by atoms with Gasteiger partial charge in [-0.2, -0.15) is 0 Å². The van der Waals surface area contributed by atoms with Crippen LogP contribution in [0.4, 0.5) is 0 Å². The van der Waals surface area contributed by atoms with Crippen LogP contribution in [-0.2, 0) is 10.2 Å². The first-order chi connectivity index (χ1) is 11.2. The summed E-state index contributed by atoms with van der Waals surface area (Å²) >= 11 is 0. The Morgan fingerprint density at radius 2 is 1.92 bits per heavy atom. The Bertz CT molecular complexity index is 480. The number of aliphatic hydroxyl groups excluding tert-OH is 1. The summed E-state index contributed by atoms with van der Waals surface area (Å²) in [6, 6.07) is 6.26. The molecule has 0 spiro atoms. The molecule has 24 heavy (non-hydrogen) atoms. The maximum Gasteiger partial charge on any atom is 0.122 e. The van der Waals surface area contributed by atoms with Crippen molar-refractivity contribution >= 4 is 0 Å². The minimum Gasteiger partial charge on any atom is -0.491 e. The fraction of sp³-hybridized carbons (Fsp3) is 0.700. The van der Waals surface area contributed by atoms with E-state index in [-0.39, 0.29) is 11.5 Å². The van der Waals surface area contributed by atoms with Crippen molar-refractivity contribution in [2.24, 2.45) is 0 Å². The molecule has 0 saturated carbocycles. The van der Waals surface area contributed by atoms with Gasteiger partial charge in [0.15, 0.2) is 0 Å². The molecule has 0 aliphatic rings. The first kappa shape index (κ1) is 20.9. The predicted molar refractivity (Wildman–Crippen MR) is 100.0 cm³/mol. The highest BCUT2D eigenvalue weighted by Crippen LogP contribution is 2.27. The van der Waals surface area contributed by atoms with Gasteiger partial charge in [-0.05, 0) is 56.3 Å². The van der Waals surface area contributed by atoms with Crippen molar-refractivity contribution in [3.05, 3.63) is 29.3 Å². The number of aliphatic hydroxyl groups is 1. The zero-order chi connectivity index (χ0) is 18.2. The maximum absolute atomic E-state index is 10.0. The Kier molecular flexibility index (Phi) is 8.74. The highest BCUT2D eigenvalue weighted by atomic mass is 16.5. The van der Waals surface area contributed by atoms with Crippen molar-refractivity contribution in [2.45, 2.75) is 65.6 Å². The monoisotopic (exact) mass is 337 g/mol. The average molecular weight is 338 g/mol. The van der Waals surface area contributed by atoms with Crippen molar-refractivity contribution in [3.63, 3.8) is 0 Å². The van der Waals surface area contributed by atoms with Gasteiger partial charge in [-0.25, -0.2) is 0 Å². The molecule has 1 rings (SSSR count). The van der Waals surface area contributed by atoms with Gasteiger partial charge in [-0.1, -0.05) is 32.9 Å². The molecule has 1 aromatic carbocycles. The molecule has 4 heteroatoms. The molecular formula is C20H35NO3. The van der Waals surface area contributed by atoms with Gasteiger partial charge >= 0.3 is 0 Å². The van der Waals surface area contributed by atoms with E-state index >= 15 is 0 Å². The lowest BCUT2D eigenvalue weighted by molar-refractivity contribution is 0.0748. The number of hydrogen-bond acceptors (Lipinski definition) is 4. The molecule has 0 bridgehead atoms. The molecule has 1 atom stereocenters. The van der Waals surface area contributed by atoms with Crippen molar-refractivity contribution < 1.29 is 14.6 Å². The van der Waals surface area contributed by atoms with E-state index in [1.165, 1.54) is 5.56 Å². The van der Waals surface area contributed by atoms with Gasteiger partial charge in [0.1, 0.15) is 18.5 Å². The largest absolute Gasteiger partial charge is 0.491 e. The Hall–Kier alpha value is -1.10. The summed E-state index contributed by atoms with van der Waals surface area (Å²) in [4.78, 5) is 0. The topological polar surface area (TPSA) is 50.7 Å². The van der Waals surface area contributed by atoms with Gasteiger partial charge in [0.05, 0.1) is 6.10 Å². The van der Waals surface area contributed by atoms with E-state index < -0.39 is 6.10 Å². The first-order valence-electron chi connectivity index (χ1n) is 8.94. The van der Waals surface area contributed by atoms with E-state index in [0.29, 0.717) is 13.2 Å².